The molecular weight excluding hydrogens is 140 g/mol. The number of carbonyl (C=O) groups excluding carboxylic acids is 1. The van der Waals surface area contributed by atoms with Gasteiger partial charge in [-0.2, -0.15) is 0 Å². The number of hydrogen-bond donors (Lipinski definition) is 0. The molecule has 0 spiro atoms. The van der Waals surface area contributed by atoms with Crippen molar-refractivity contribution in [1.82, 2.24) is 0 Å². The van der Waals surface area contributed by atoms with E-state index >= 15 is 0 Å². The average molecular weight is 154 g/mol. The molecule has 1 aliphatic rings. The molecular formula is C9H14O2. The minimum Gasteiger partial charge on any atom is -0.469 e. The third-order valence-electron chi connectivity index (χ3n) is 2.06. The summed E-state index contributed by atoms with van der Waals surface area (Å²) in [4.78, 5) is 10.8. The first-order valence-electron chi connectivity index (χ1n) is 4.04. The summed E-state index contributed by atoms with van der Waals surface area (Å²) in [7, 11) is 1.45. The fourth-order valence-electron chi connectivity index (χ4n) is 1.36. The lowest BCUT2D eigenvalue weighted by Gasteiger charge is -2.15. The Labute approximate surface area is 67.2 Å². The van der Waals surface area contributed by atoms with Gasteiger partial charge in [-0.05, 0) is 25.2 Å². The number of allylic oxidation sites excluding steroid dienone is 2. The van der Waals surface area contributed by atoms with Crippen molar-refractivity contribution in [2.75, 3.05) is 7.11 Å². The van der Waals surface area contributed by atoms with E-state index in [0.717, 1.165) is 19.3 Å². The molecule has 0 heterocycles. The van der Waals surface area contributed by atoms with Gasteiger partial charge >= 0.3 is 5.97 Å². The molecule has 0 fully saturated rings. The van der Waals surface area contributed by atoms with E-state index in [-0.39, 0.29) is 5.97 Å². The van der Waals surface area contributed by atoms with E-state index in [4.69, 9.17) is 0 Å². The van der Waals surface area contributed by atoms with Crippen LogP contribution < -0.4 is 0 Å². The molecule has 2 heteroatoms. The van der Waals surface area contributed by atoms with Gasteiger partial charge in [-0.25, -0.2) is 0 Å². The number of methoxy groups -OCH3 is 1. The minimum absolute atomic E-state index is 0.0784. The van der Waals surface area contributed by atoms with Crippen molar-refractivity contribution in [1.29, 1.82) is 0 Å². The topological polar surface area (TPSA) is 26.3 Å². The van der Waals surface area contributed by atoms with Gasteiger partial charge in [0.25, 0.3) is 0 Å². The standard InChI is InChI=1S/C9H14O2/c1-11-9(10)7-8-5-3-2-4-6-8/h2-3,8H,4-7H2,1H3. The molecule has 1 rings (SSSR count). The van der Waals surface area contributed by atoms with Crippen LogP contribution in [0.5, 0.6) is 0 Å². The Morgan fingerprint density at radius 3 is 3.00 bits per heavy atom. The van der Waals surface area contributed by atoms with E-state index in [1.54, 1.807) is 0 Å². The first kappa shape index (κ1) is 8.31. The second-order valence-corrected chi connectivity index (χ2v) is 2.93. The van der Waals surface area contributed by atoms with Gasteiger partial charge in [0.05, 0.1) is 7.11 Å². The molecule has 11 heavy (non-hydrogen) atoms. The van der Waals surface area contributed by atoms with Crippen LogP contribution in [0.2, 0.25) is 0 Å². The zero-order valence-corrected chi connectivity index (χ0v) is 6.88. The lowest BCUT2D eigenvalue weighted by Crippen LogP contribution is -2.10. The van der Waals surface area contributed by atoms with Crippen molar-refractivity contribution in [3.8, 4) is 0 Å². The van der Waals surface area contributed by atoms with Crippen LogP contribution in [0.15, 0.2) is 12.2 Å². The maximum atomic E-state index is 10.8. The van der Waals surface area contributed by atoms with E-state index < -0.39 is 0 Å². The zero-order valence-electron chi connectivity index (χ0n) is 6.88. The third kappa shape index (κ3) is 2.74. The molecule has 2 nitrogen and oxygen atoms in total. The highest BCUT2D eigenvalue weighted by Gasteiger charge is 2.13. The highest BCUT2D eigenvalue weighted by molar-refractivity contribution is 5.69. The fourth-order valence-corrected chi connectivity index (χ4v) is 1.36. The largest absolute Gasteiger partial charge is 0.469 e. The van der Waals surface area contributed by atoms with Crippen molar-refractivity contribution >= 4 is 5.97 Å². The smallest absolute Gasteiger partial charge is 0.305 e. The predicted octanol–water partition coefficient (Wildman–Crippen LogP) is 1.91. The van der Waals surface area contributed by atoms with E-state index in [1.807, 2.05) is 0 Å². The molecule has 0 aromatic carbocycles. The van der Waals surface area contributed by atoms with Crippen LogP contribution in [0.3, 0.4) is 0 Å². The molecule has 0 N–H and O–H groups in total. The average Bonchev–Trinajstić information content (AvgIpc) is 2.06. The second kappa shape index (κ2) is 4.16. The molecule has 0 saturated carbocycles. The summed E-state index contributed by atoms with van der Waals surface area (Å²) < 4.78 is 4.59. The molecule has 0 bridgehead atoms. The Morgan fingerprint density at radius 2 is 2.45 bits per heavy atom. The number of carbonyl (C=O) groups is 1. The Bertz CT molecular complexity index is 161. The quantitative estimate of drug-likeness (QED) is 0.448. The zero-order chi connectivity index (χ0) is 8.10. The van der Waals surface area contributed by atoms with Crippen molar-refractivity contribution in [3.63, 3.8) is 0 Å². The predicted molar refractivity (Wildman–Crippen MR) is 43.1 cm³/mol. The lowest BCUT2D eigenvalue weighted by molar-refractivity contribution is -0.141. The Hall–Kier alpha value is -0.790. The van der Waals surface area contributed by atoms with E-state index in [2.05, 4.69) is 16.9 Å². The number of rotatable bonds is 2. The van der Waals surface area contributed by atoms with Crippen molar-refractivity contribution in [2.24, 2.45) is 5.92 Å². The molecule has 1 aliphatic carbocycles. The van der Waals surface area contributed by atoms with Crippen LogP contribution in [0.4, 0.5) is 0 Å². The fraction of sp³-hybridized carbons (Fsp3) is 0.667. The molecule has 0 radical (unpaired) electrons. The molecule has 1 unspecified atom stereocenters. The summed E-state index contributed by atoms with van der Waals surface area (Å²) >= 11 is 0. The summed E-state index contributed by atoms with van der Waals surface area (Å²) in [5.74, 6) is 0.442. The number of hydrogen-bond acceptors (Lipinski definition) is 2. The van der Waals surface area contributed by atoms with Gasteiger partial charge in [0.1, 0.15) is 0 Å². The van der Waals surface area contributed by atoms with Crippen LogP contribution in [0.1, 0.15) is 25.7 Å². The first-order chi connectivity index (χ1) is 5.33. The van der Waals surface area contributed by atoms with E-state index in [9.17, 15) is 4.79 Å². The summed E-state index contributed by atoms with van der Waals surface area (Å²) in [5.41, 5.74) is 0. The van der Waals surface area contributed by atoms with Gasteiger partial charge in [0.15, 0.2) is 0 Å². The Kier molecular flexibility index (Phi) is 3.14. The maximum absolute atomic E-state index is 10.8. The van der Waals surface area contributed by atoms with Gasteiger partial charge in [-0.3, -0.25) is 4.79 Å². The van der Waals surface area contributed by atoms with Gasteiger partial charge in [-0.1, -0.05) is 12.2 Å². The van der Waals surface area contributed by atoms with Crippen molar-refractivity contribution < 1.29 is 9.53 Å². The molecule has 0 aliphatic heterocycles. The SMILES string of the molecule is COC(=O)CC1CC=CCC1. The molecule has 1 atom stereocenters. The van der Waals surface area contributed by atoms with Gasteiger partial charge < -0.3 is 4.74 Å². The van der Waals surface area contributed by atoms with Gasteiger partial charge in [-0.15, -0.1) is 0 Å². The summed E-state index contributed by atoms with van der Waals surface area (Å²) in [5, 5.41) is 0. The van der Waals surface area contributed by atoms with Crippen LogP contribution in [-0.2, 0) is 9.53 Å². The minimum atomic E-state index is -0.0784. The Morgan fingerprint density at radius 1 is 1.64 bits per heavy atom. The summed E-state index contributed by atoms with van der Waals surface area (Å²) in [6, 6.07) is 0. The van der Waals surface area contributed by atoms with Gasteiger partial charge in [0.2, 0.25) is 0 Å². The Balaban J connectivity index is 2.26. The molecule has 62 valence electrons. The number of esters is 1. The summed E-state index contributed by atoms with van der Waals surface area (Å²) in [6.45, 7) is 0. The highest BCUT2D eigenvalue weighted by atomic mass is 16.5. The normalized spacial score (nSPS) is 23.2. The van der Waals surface area contributed by atoms with Crippen LogP contribution in [0.25, 0.3) is 0 Å². The van der Waals surface area contributed by atoms with Crippen LogP contribution in [0, 0.1) is 5.92 Å². The molecule has 0 saturated heterocycles. The van der Waals surface area contributed by atoms with E-state index in [1.165, 1.54) is 7.11 Å². The number of ether oxygens (including phenoxy) is 1. The highest BCUT2D eigenvalue weighted by Crippen LogP contribution is 2.21. The monoisotopic (exact) mass is 154 g/mol. The van der Waals surface area contributed by atoms with Crippen molar-refractivity contribution in [3.05, 3.63) is 12.2 Å². The van der Waals surface area contributed by atoms with Gasteiger partial charge in [0, 0.05) is 6.42 Å². The maximum Gasteiger partial charge on any atom is 0.305 e. The van der Waals surface area contributed by atoms with Crippen LogP contribution >= 0.6 is 0 Å². The second-order valence-electron chi connectivity index (χ2n) is 2.93. The third-order valence-corrected chi connectivity index (χ3v) is 2.06. The molecule has 0 aromatic heterocycles. The van der Waals surface area contributed by atoms with E-state index in [0.29, 0.717) is 12.3 Å². The first-order valence-corrected chi connectivity index (χ1v) is 4.04. The summed E-state index contributed by atoms with van der Waals surface area (Å²) in [6.07, 6.45) is 8.19. The lowest BCUT2D eigenvalue weighted by atomic mass is 9.92. The van der Waals surface area contributed by atoms with Crippen molar-refractivity contribution in [2.45, 2.75) is 25.7 Å². The molecule has 0 amide bonds. The molecule has 0 aromatic rings. The van der Waals surface area contributed by atoms with Crippen LogP contribution in [-0.4, -0.2) is 13.1 Å².